The second-order valence-corrected chi connectivity index (χ2v) is 11.2. The number of nitrogens with zero attached hydrogens (tertiary/aromatic N) is 4. The van der Waals surface area contributed by atoms with E-state index in [-0.39, 0.29) is 0 Å². The minimum atomic E-state index is 0.712. The largest absolute Gasteiger partial charge is 0.303 e. The van der Waals surface area contributed by atoms with E-state index in [1.807, 2.05) is 0 Å². The van der Waals surface area contributed by atoms with Gasteiger partial charge in [-0.15, -0.1) is 0 Å². The van der Waals surface area contributed by atoms with Crippen LogP contribution >= 0.6 is 22.9 Å². The van der Waals surface area contributed by atoms with E-state index in [9.17, 15) is 0 Å². The lowest BCUT2D eigenvalue weighted by molar-refractivity contribution is 0.0132. The van der Waals surface area contributed by atoms with Crippen molar-refractivity contribution in [1.29, 1.82) is 0 Å². The van der Waals surface area contributed by atoms with E-state index in [4.69, 9.17) is 0 Å². The van der Waals surface area contributed by atoms with E-state index in [0.29, 0.717) is 5.41 Å². The van der Waals surface area contributed by atoms with E-state index in [0.717, 1.165) is 12.0 Å². The number of halogens is 1. The molecular weight excluding hydrogens is 447 g/mol. The highest BCUT2D eigenvalue weighted by Gasteiger charge is 2.39. The Balaban J connectivity index is 1.18. The van der Waals surface area contributed by atoms with Gasteiger partial charge >= 0.3 is 0 Å². The fourth-order valence-electron chi connectivity index (χ4n) is 6.18. The number of rotatable bonds is 4. The summed E-state index contributed by atoms with van der Waals surface area (Å²) in [5.41, 5.74) is 0.712. The maximum atomic E-state index is 2.83. The van der Waals surface area contributed by atoms with Crippen molar-refractivity contribution >= 4 is 22.9 Å². The zero-order chi connectivity index (χ0) is 18.7. The molecule has 4 aliphatic rings. The van der Waals surface area contributed by atoms with Crippen molar-refractivity contribution in [1.82, 2.24) is 17.8 Å². The molecule has 156 valence electrons. The molecule has 4 fully saturated rings. The number of likely N-dealkylation sites (tertiary alicyclic amines) is 1. The standard InChI is InChI=1S/C22H41IN4/c1-2-24-15-17-26(18-16-24)21-3-7-22(8-4-21)9-13-25(14-10-22)19-20-5-11-27(23)12-6-20/h20-21H,2-19H2,1H3. The first-order valence-corrected chi connectivity index (χ1v) is 12.7. The molecular formula is C22H41IN4. The molecule has 1 spiro atoms. The van der Waals surface area contributed by atoms with Crippen LogP contribution in [0.2, 0.25) is 0 Å². The van der Waals surface area contributed by atoms with Crippen molar-refractivity contribution in [3.05, 3.63) is 0 Å². The maximum absolute atomic E-state index is 2.83. The fourth-order valence-corrected chi connectivity index (χ4v) is 6.74. The van der Waals surface area contributed by atoms with Gasteiger partial charge in [-0.1, -0.05) is 6.92 Å². The number of piperazine rings is 1. The Bertz CT molecular complexity index is 439. The molecule has 0 aromatic rings. The SMILES string of the molecule is CCN1CCN(C2CCC3(CC2)CCN(CC2CCN(I)CC2)CC3)CC1. The highest BCUT2D eigenvalue weighted by Crippen LogP contribution is 2.45. The first kappa shape index (κ1) is 20.8. The van der Waals surface area contributed by atoms with Crippen LogP contribution < -0.4 is 0 Å². The number of likely N-dealkylation sites (N-methyl/N-ethyl adjacent to an activating group) is 1. The van der Waals surface area contributed by atoms with Crippen molar-refractivity contribution in [2.45, 2.75) is 64.3 Å². The molecule has 0 radical (unpaired) electrons. The topological polar surface area (TPSA) is 13.0 Å². The van der Waals surface area contributed by atoms with Crippen molar-refractivity contribution in [3.8, 4) is 0 Å². The molecule has 1 aliphatic carbocycles. The van der Waals surface area contributed by atoms with E-state index < -0.39 is 0 Å². The summed E-state index contributed by atoms with van der Waals surface area (Å²) in [5.74, 6) is 0.961. The number of hydrogen-bond acceptors (Lipinski definition) is 4. The van der Waals surface area contributed by atoms with Crippen LogP contribution in [0.1, 0.15) is 58.3 Å². The molecule has 0 atom stereocenters. The van der Waals surface area contributed by atoms with E-state index in [1.165, 1.54) is 117 Å². The lowest BCUT2D eigenvalue weighted by Crippen LogP contribution is -2.52. The first-order chi connectivity index (χ1) is 13.2. The fraction of sp³-hybridized carbons (Fsp3) is 1.00. The second-order valence-electron chi connectivity index (χ2n) is 9.86. The van der Waals surface area contributed by atoms with Gasteiger partial charge in [0.15, 0.2) is 0 Å². The Morgan fingerprint density at radius 3 is 1.96 bits per heavy atom. The van der Waals surface area contributed by atoms with Crippen LogP contribution in [0.25, 0.3) is 0 Å². The molecule has 27 heavy (non-hydrogen) atoms. The van der Waals surface area contributed by atoms with E-state index in [2.05, 4.69) is 47.6 Å². The van der Waals surface area contributed by atoms with Crippen molar-refractivity contribution in [2.24, 2.45) is 11.3 Å². The molecule has 0 unspecified atom stereocenters. The Morgan fingerprint density at radius 1 is 0.741 bits per heavy atom. The van der Waals surface area contributed by atoms with Gasteiger partial charge in [0.2, 0.25) is 0 Å². The third kappa shape index (κ3) is 5.39. The lowest BCUT2D eigenvalue weighted by Gasteiger charge is -2.49. The molecule has 3 heterocycles. The van der Waals surface area contributed by atoms with Gasteiger partial charge < -0.3 is 9.80 Å². The zero-order valence-electron chi connectivity index (χ0n) is 17.5. The molecule has 0 bridgehead atoms. The predicted octanol–water partition coefficient (Wildman–Crippen LogP) is 3.71. The van der Waals surface area contributed by atoms with Crippen LogP contribution in [0.4, 0.5) is 0 Å². The Hall–Kier alpha value is 0.570. The van der Waals surface area contributed by atoms with Crippen molar-refractivity contribution in [2.75, 3.05) is 65.4 Å². The minimum Gasteiger partial charge on any atom is -0.303 e. The molecule has 0 amide bonds. The molecule has 4 rings (SSSR count). The minimum absolute atomic E-state index is 0.712. The summed E-state index contributed by atoms with van der Waals surface area (Å²) >= 11 is 2.50. The summed E-state index contributed by atoms with van der Waals surface area (Å²) in [7, 11) is 0. The van der Waals surface area contributed by atoms with Gasteiger partial charge in [-0.2, -0.15) is 0 Å². The monoisotopic (exact) mass is 488 g/mol. The van der Waals surface area contributed by atoms with Crippen LogP contribution in [0.15, 0.2) is 0 Å². The van der Waals surface area contributed by atoms with Crippen LogP contribution in [0, 0.1) is 11.3 Å². The van der Waals surface area contributed by atoms with Crippen LogP contribution in [-0.2, 0) is 0 Å². The predicted molar refractivity (Wildman–Crippen MR) is 122 cm³/mol. The Morgan fingerprint density at radius 2 is 1.37 bits per heavy atom. The highest BCUT2D eigenvalue weighted by atomic mass is 127. The summed E-state index contributed by atoms with van der Waals surface area (Å²) in [6.45, 7) is 15.5. The van der Waals surface area contributed by atoms with Gasteiger partial charge in [-0.3, -0.25) is 4.90 Å². The van der Waals surface area contributed by atoms with Gasteiger partial charge in [0, 0.05) is 74.7 Å². The van der Waals surface area contributed by atoms with Crippen molar-refractivity contribution < 1.29 is 0 Å². The second kappa shape index (κ2) is 9.59. The summed E-state index contributed by atoms with van der Waals surface area (Å²) in [6, 6.07) is 0.895. The average molecular weight is 489 g/mol. The summed E-state index contributed by atoms with van der Waals surface area (Å²) in [4.78, 5) is 8.25. The molecule has 3 saturated heterocycles. The normalized spacial score (nSPS) is 30.9. The van der Waals surface area contributed by atoms with Crippen LogP contribution in [0.3, 0.4) is 0 Å². The van der Waals surface area contributed by atoms with Crippen LogP contribution in [-0.4, -0.2) is 89.3 Å². The summed E-state index contributed by atoms with van der Waals surface area (Å²) in [6.07, 6.45) is 11.7. The van der Waals surface area contributed by atoms with Crippen molar-refractivity contribution in [3.63, 3.8) is 0 Å². The van der Waals surface area contributed by atoms with Gasteiger partial charge in [0.1, 0.15) is 0 Å². The van der Waals surface area contributed by atoms with Crippen LogP contribution in [0.5, 0.6) is 0 Å². The number of hydrogen-bond donors (Lipinski definition) is 0. The first-order valence-electron chi connectivity index (χ1n) is 11.8. The van der Waals surface area contributed by atoms with E-state index in [1.54, 1.807) is 0 Å². The van der Waals surface area contributed by atoms with Gasteiger partial charge in [0.05, 0.1) is 0 Å². The summed E-state index contributed by atoms with van der Waals surface area (Å²) in [5, 5.41) is 0. The third-order valence-corrected chi connectivity index (χ3v) is 9.34. The Kier molecular flexibility index (Phi) is 7.39. The molecule has 1 saturated carbocycles. The maximum Gasteiger partial charge on any atom is 0.0201 e. The summed E-state index contributed by atoms with van der Waals surface area (Å²) < 4.78 is 2.47. The third-order valence-electron chi connectivity index (χ3n) is 8.38. The molecule has 5 heteroatoms. The molecule has 0 aromatic carbocycles. The Labute approximate surface area is 181 Å². The molecule has 0 aromatic heterocycles. The highest BCUT2D eigenvalue weighted by molar-refractivity contribution is 14.1. The van der Waals surface area contributed by atoms with Gasteiger partial charge in [0.25, 0.3) is 0 Å². The zero-order valence-corrected chi connectivity index (χ0v) is 19.7. The average Bonchev–Trinajstić information content (AvgIpc) is 2.72. The quantitative estimate of drug-likeness (QED) is 0.442. The smallest absolute Gasteiger partial charge is 0.0201 e. The number of piperidine rings is 2. The molecule has 4 nitrogen and oxygen atoms in total. The molecule has 3 aliphatic heterocycles. The lowest BCUT2D eigenvalue weighted by atomic mass is 9.66. The molecule has 0 N–H and O–H groups in total. The van der Waals surface area contributed by atoms with Gasteiger partial charge in [-0.25, -0.2) is 3.11 Å². The van der Waals surface area contributed by atoms with Gasteiger partial charge in [-0.05, 0) is 82.3 Å². The van der Waals surface area contributed by atoms with E-state index >= 15 is 0 Å².